The minimum absolute atomic E-state index is 0.0770. The standard InChI is InChI=1S/C26H22N4O2/c1-17-7-6-10-19(13-17)28-24(31)16-30-26-21-14-20(32-2)11-12-23(21)27-15-22(26)25(29-30)18-8-4-3-5-9-18/h3-15H,16H2,1-2H3,(H,28,31). The molecule has 158 valence electrons. The average Bonchev–Trinajstić information content (AvgIpc) is 3.18. The van der Waals surface area contributed by atoms with Crippen LogP contribution >= 0.6 is 0 Å². The monoisotopic (exact) mass is 422 g/mol. The summed E-state index contributed by atoms with van der Waals surface area (Å²) in [6, 6.07) is 23.4. The molecule has 5 rings (SSSR count). The van der Waals surface area contributed by atoms with Crippen LogP contribution in [-0.2, 0) is 11.3 Å². The zero-order chi connectivity index (χ0) is 22.1. The second kappa shape index (κ2) is 8.15. The summed E-state index contributed by atoms with van der Waals surface area (Å²) in [4.78, 5) is 17.6. The number of nitrogens with zero attached hydrogens (tertiary/aromatic N) is 3. The molecule has 0 saturated carbocycles. The van der Waals surface area contributed by atoms with Crippen LogP contribution in [0.2, 0.25) is 0 Å². The van der Waals surface area contributed by atoms with Crippen LogP contribution in [0.15, 0.2) is 79.0 Å². The van der Waals surface area contributed by atoms with Gasteiger partial charge in [-0.2, -0.15) is 5.10 Å². The molecule has 6 heteroatoms. The van der Waals surface area contributed by atoms with Crippen molar-refractivity contribution < 1.29 is 9.53 Å². The Balaban J connectivity index is 1.64. The van der Waals surface area contributed by atoms with Gasteiger partial charge < -0.3 is 10.1 Å². The zero-order valence-electron chi connectivity index (χ0n) is 17.9. The lowest BCUT2D eigenvalue weighted by Gasteiger charge is -2.09. The fourth-order valence-electron chi connectivity index (χ4n) is 3.94. The molecule has 0 aliphatic heterocycles. The molecule has 0 atom stereocenters. The molecule has 0 aliphatic rings. The molecule has 2 heterocycles. The Morgan fingerprint density at radius 1 is 1.00 bits per heavy atom. The molecular weight excluding hydrogens is 400 g/mol. The lowest BCUT2D eigenvalue weighted by molar-refractivity contribution is -0.116. The minimum Gasteiger partial charge on any atom is -0.497 e. The number of pyridine rings is 1. The molecule has 1 amide bonds. The Labute approximate surface area is 185 Å². The van der Waals surface area contributed by atoms with Crippen LogP contribution in [0.25, 0.3) is 33.1 Å². The second-order valence-electron chi connectivity index (χ2n) is 7.69. The van der Waals surface area contributed by atoms with E-state index < -0.39 is 0 Å². The smallest absolute Gasteiger partial charge is 0.246 e. The molecule has 0 radical (unpaired) electrons. The summed E-state index contributed by atoms with van der Waals surface area (Å²) in [6.45, 7) is 2.07. The number of methoxy groups -OCH3 is 1. The van der Waals surface area contributed by atoms with E-state index in [0.29, 0.717) is 0 Å². The number of amides is 1. The summed E-state index contributed by atoms with van der Waals surface area (Å²) in [7, 11) is 1.64. The van der Waals surface area contributed by atoms with Crippen molar-refractivity contribution in [1.29, 1.82) is 0 Å². The Bertz CT molecular complexity index is 1440. The SMILES string of the molecule is COc1ccc2ncc3c(-c4ccccc4)nn(CC(=O)Nc4cccc(C)c4)c3c2c1. The van der Waals surface area contributed by atoms with Crippen molar-refractivity contribution in [3.8, 4) is 17.0 Å². The molecule has 0 fully saturated rings. The zero-order valence-corrected chi connectivity index (χ0v) is 17.9. The van der Waals surface area contributed by atoms with E-state index in [1.54, 1.807) is 11.8 Å². The Hall–Kier alpha value is -4.19. The van der Waals surface area contributed by atoms with E-state index in [2.05, 4.69) is 10.3 Å². The Kier molecular flexibility index (Phi) is 5.03. The van der Waals surface area contributed by atoms with Gasteiger partial charge in [-0.3, -0.25) is 14.5 Å². The fourth-order valence-corrected chi connectivity index (χ4v) is 3.94. The lowest BCUT2D eigenvalue weighted by Crippen LogP contribution is -2.19. The molecule has 0 unspecified atom stereocenters. The van der Waals surface area contributed by atoms with Crippen molar-refractivity contribution in [1.82, 2.24) is 14.8 Å². The molecule has 0 spiro atoms. The maximum absolute atomic E-state index is 12.9. The van der Waals surface area contributed by atoms with Gasteiger partial charge >= 0.3 is 0 Å². The van der Waals surface area contributed by atoms with Crippen molar-refractivity contribution in [2.24, 2.45) is 0 Å². The number of benzene rings is 3. The fraction of sp³-hybridized carbons (Fsp3) is 0.115. The van der Waals surface area contributed by atoms with Gasteiger partial charge in [-0.1, -0.05) is 42.5 Å². The van der Waals surface area contributed by atoms with Crippen LogP contribution in [0.3, 0.4) is 0 Å². The lowest BCUT2D eigenvalue weighted by atomic mass is 10.1. The van der Waals surface area contributed by atoms with E-state index in [4.69, 9.17) is 9.84 Å². The van der Waals surface area contributed by atoms with Crippen molar-refractivity contribution in [2.75, 3.05) is 12.4 Å². The molecule has 32 heavy (non-hydrogen) atoms. The van der Waals surface area contributed by atoms with E-state index in [1.165, 1.54) is 0 Å². The number of hydrogen-bond donors (Lipinski definition) is 1. The number of ether oxygens (including phenoxy) is 1. The first-order chi connectivity index (χ1) is 15.6. The van der Waals surface area contributed by atoms with Crippen LogP contribution in [0.1, 0.15) is 5.56 Å². The Morgan fingerprint density at radius 2 is 1.84 bits per heavy atom. The van der Waals surface area contributed by atoms with Gasteiger partial charge in [0.25, 0.3) is 0 Å². The molecule has 0 saturated heterocycles. The van der Waals surface area contributed by atoms with Gasteiger partial charge in [0.2, 0.25) is 5.91 Å². The van der Waals surface area contributed by atoms with Gasteiger partial charge in [-0.25, -0.2) is 0 Å². The van der Waals surface area contributed by atoms with Crippen LogP contribution < -0.4 is 10.1 Å². The van der Waals surface area contributed by atoms with Gasteiger partial charge in [0.05, 0.1) is 18.1 Å². The topological polar surface area (TPSA) is 69.0 Å². The van der Waals surface area contributed by atoms with Crippen molar-refractivity contribution in [2.45, 2.75) is 13.5 Å². The van der Waals surface area contributed by atoms with Gasteiger partial charge in [-0.05, 0) is 42.8 Å². The van der Waals surface area contributed by atoms with Crippen LogP contribution in [-0.4, -0.2) is 27.8 Å². The van der Waals surface area contributed by atoms with E-state index in [0.717, 1.165) is 50.1 Å². The highest BCUT2D eigenvalue weighted by Gasteiger charge is 2.18. The van der Waals surface area contributed by atoms with E-state index in [-0.39, 0.29) is 12.5 Å². The largest absolute Gasteiger partial charge is 0.497 e. The van der Waals surface area contributed by atoms with E-state index in [1.807, 2.05) is 85.9 Å². The highest BCUT2D eigenvalue weighted by molar-refractivity contribution is 6.09. The number of aryl methyl sites for hydroxylation is 1. The van der Waals surface area contributed by atoms with Gasteiger partial charge in [0, 0.05) is 28.2 Å². The summed E-state index contributed by atoms with van der Waals surface area (Å²) >= 11 is 0. The molecule has 1 N–H and O–H groups in total. The minimum atomic E-state index is -0.146. The number of hydrogen-bond acceptors (Lipinski definition) is 4. The quantitative estimate of drug-likeness (QED) is 0.422. The first-order valence-corrected chi connectivity index (χ1v) is 10.4. The number of carbonyl (C=O) groups is 1. The number of aromatic nitrogens is 3. The number of anilines is 1. The van der Waals surface area contributed by atoms with Gasteiger partial charge in [0.15, 0.2) is 0 Å². The molecule has 0 bridgehead atoms. The summed E-state index contributed by atoms with van der Waals surface area (Å²) < 4.78 is 7.19. The highest BCUT2D eigenvalue weighted by atomic mass is 16.5. The third-order valence-corrected chi connectivity index (χ3v) is 5.42. The number of nitrogens with one attached hydrogen (secondary N) is 1. The Morgan fingerprint density at radius 3 is 2.62 bits per heavy atom. The van der Waals surface area contributed by atoms with Crippen molar-refractivity contribution in [3.05, 3.63) is 84.6 Å². The number of carbonyl (C=O) groups excluding carboxylic acids is 1. The number of fused-ring (bicyclic) bond motifs is 3. The maximum Gasteiger partial charge on any atom is 0.246 e. The molecule has 0 aliphatic carbocycles. The first kappa shape index (κ1) is 19.8. The average molecular weight is 422 g/mol. The highest BCUT2D eigenvalue weighted by Crippen LogP contribution is 2.33. The van der Waals surface area contributed by atoms with Crippen molar-refractivity contribution >= 4 is 33.4 Å². The predicted octanol–water partition coefficient (Wildman–Crippen LogP) is 5.21. The van der Waals surface area contributed by atoms with Gasteiger partial charge in [0.1, 0.15) is 18.0 Å². The first-order valence-electron chi connectivity index (χ1n) is 10.4. The predicted molar refractivity (Wildman–Crippen MR) is 127 cm³/mol. The summed E-state index contributed by atoms with van der Waals surface area (Å²) in [5, 5.41) is 9.59. The summed E-state index contributed by atoms with van der Waals surface area (Å²) in [5.74, 6) is 0.581. The summed E-state index contributed by atoms with van der Waals surface area (Å²) in [6.07, 6.45) is 1.83. The number of rotatable bonds is 5. The third-order valence-electron chi connectivity index (χ3n) is 5.42. The van der Waals surface area contributed by atoms with Crippen molar-refractivity contribution in [3.63, 3.8) is 0 Å². The van der Waals surface area contributed by atoms with Crippen LogP contribution in [0.4, 0.5) is 5.69 Å². The third kappa shape index (κ3) is 3.67. The van der Waals surface area contributed by atoms with Gasteiger partial charge in [-0.15, -0.1) is 0 Å². The van der Waals surface area contributed by atoms with Crippen LogP contribution in [0.5, 0.6) is 5.75 Å². The van der Waals surface area contributed by atoms with E-state index in [9.17, 15) is 4.79 Å². The van der Waals surface area contributed by atoms with E-state index >= 15 is 0 Å². The molecular formula is C26H22N4O2. The van der Waals surface area contributed by atoms with Crippen LogP contribution in [0, 0.1) is 6.92 Å². The maximum atomic E-state index is 12.9. The normalized spacial score (nSPS) is 11.1. The second-order valence-corrected chi connectivity index (χ2v) is 7.69. The summed E-state index contributed by atoms with van der Waals surface area (Å²) in [5.41, 5.74) is 5.29. The molecule has 6 nitrogen and oxygen atoms in total. The molecule has 2 aromatic heterocycles. The molecule has 3 aromatic carbocycles. The molecule has 5 aromatic rings.